The van der Waals surface area contributed by atoms with Crippen molar-refractivity contribution < 1.29 is 17.9 Å². The van der Waals surface area contributed by atoms with E-state index in [4.69, 9.17) is 4.74 Å². The van der Waals surface area contributed by atoms with Crippen molar-refractivity contribution in [1.29, 1.82) is 0 Å². The van der Waals surface area contributed by atoms with Crippen molar-refractivity contribution in [3.05, 3.63) is 59.7 Å². The monoisotopic (exact) mass is 418 g/mol. The summed E-state index contributed by atoms with van der Waals surface area (Å²) < 4.78 is 33.2. The predicted octanol–water partition coefficient (Wildman–Crippen LogP) is 3.20. The topological polar surface area (TPSA) is 84.5 Å². The molecule has 0 spiro atoms. The summed E-state index contributed by atoms with van der Waals surface area (Å²) >= 11 is 0. The average molecular weight is 419 g/mol. The summed E-state index contributed by atoms with van der Waals surface area (Å²) in [6, 6.07) is 13.7. The fourth-order valence-corrected chi connectivity index (χ4v) is 4.22. The second kappa shape index (κ2) is 10.4. The van der Waals surface area contributed by atoms with Gasteiger partial charge in [-0.25, -0.2) is 8.42 Å². The Labute approximate surface area is 173 Å². The minimum absolute atomic E-state index is 0.0672. The van der Waals surface area contributed by atoms with Gasteiger partial charge >= 0.3 is 0 Å². The molecule has 0 aliphatic rings. The molecule has 0 aliphatic heterocycles. The molecule has 0 aromatic heterocycles. The van der Waals surface area contributed by atoms with Crippen molar-refractivity contribution in [2.75, 3.05) is 6.61 Å². The van der Waals surface area contributed by atoms with Crippen LogP contribution in [0, 0.1) is 6.92 Å². The van der Waals surface area contributed by atoms with Gasteiger partial charge in [-0.1, -0.05) is 30.3 Å². The van der Waals surface area contributed by atoms with Gasteiger partial charge in [0, 0.05) is 6.04 Å². The number of aryl methyl sites for hydroxylation is 2. The summed E-state index contributed by atoms with van der Waals surface area (Å²) in [4.78, 5) is 12.5. The molecule has 6 nitrogen and oxygen atoms in total. The van der Waals surface area contributed by atoms with Gasteiger partial charge in [0.05, 0.1) is 17.5 Å². The number of carbonyl (C=O) groups excluding carboxylic acids is 1. The Morgan fingerprint density at radius 2 is 1.79 bits per heavy atom. The van der Waals surface area contributed by atoms with Gasteiger partial charge in [0.2, 0.25) is 15.9 Å². The van der Waals surface area contributed by atoms with E-state index in [1.165, 1.54) is 18.6 Å². The maximum absolute atomic E-state index is 12.6. The Kier molecular flexibility index (Phi) is 8.22. The fourth-order valence-electron chi connectivity index (χ4n) is 2.93. The molecule has 0 saturated carbocycles. The van der Waals surface area contributed by atoms with Crippen LogP contribution in [0.4, 0.5) is 0 Å². The standard InChI is InChI=1S/C22H30N2O4S/c1-5-28-21-14-13-20(15-16(21)2)29(26,27)24-18(4)22(25)23-17(3)11-12-19-9-7-6-8-10-19/h6-10,13-15,17-18,24H,5,11-12H2,1-4H3,(H,23,25)/t17-,18-/m0/s1. The number of amides is 1. The van der Waals surface area contributed by atoms with Crippen molar-refractivity contribution in [2.24, 2.45) is 0 Å². The number of ether oxygens (including phenoxy) is 1. The Bertz CT molecular complexity index is 914. The van der Waals surface area contributed by atoms with E-state index in [1.54, 1.807) is 19.1 Å². The molecule has 0 aliphatic carbocycles. The van der Waals surface area contributed by atoms with Gasteiger partial charge < -0.3 is 10.1 Å². The molecular weight excluding hydrogens is 388 g/mol. The third-order valence-electron chi connectivity index (χ3n) is 4.58. The zero-order valence-corrected chi connectivity index (χ0v) is 18.3. The molecule has 2 N–H and O–H groups in total. The van der Waals surface area contributed by atoms with E-state index < -0.39 is 16.1 Å². The molecule has 0 radical (unpaired) electrons. The van der Waals surface area contributed by atoms with Gasteiger partial charge in [-0.3, -0.25) is 4.79 Å². The van der Waals surface area contributed by atoms with E-state index in [-0.39, 0.29) is 16.8 Å². The van der Waals surface area contributed by atoms with Crippen molar-refractivity contribution in [2.45, 2.75) is 57.5 Å². The first-order valence-electron chi connectivity index (χ1n) is 9.83. The highest BCUT2D eigenvalue weighted by Crippen LogP contribution is 2.22. The number of benzene rings is 2. The van der Waals surface area contributed by atoms with Crippen LogP contribution in [0.25, 0.3) is 0 Å². The minimum Gasteiger partial charge on any atom is -0.494 e. The van der Waals surface area contributed by atoms with Crippen LogP contribution >= 0.6 is 0 Å². The third kappa shape index (κ3) is 6.87. The van der Waals surface area contributed by atoms with Gasteiger partial charge in [0.15, 0.2) is 0 Å². The molecule has 2 atom stereocenters. The normalized spacial score (nSPS) is 13.5. The molecule has 0 unspecified atom stereocenters. The number of rotatable bonds is 10. The number of nitrogens with one attached hydrogen (secondary N) is 2. The molecule has 158 valence electrons. The highest BCUT2D eigenvalue weighted by Gasteiger charge is 2.23. The van der Waals surface area contributed by atoms with Gasteiger partial charge in [0.1, 0.15) is 5.75 Å². The smallest absolute Gasteiger partial charge is 0.241 e. The number of hydrogen-bond acceptors (Lipinski definition) is 4. The second-order valence-corrected chi connectivity index (χ2v) is 8.85. The first-order valence-corrected chi connectivity index (χ1v) is 11.3. The van der Waals surface area contributed by atoms with E-state index in [2.05, 4.69) is 10.0 Å². The van der Waals surface area contributed by atoms with Crippen molar-refractivity contribution in [3.63, 3.8) is 0 Å². The molecule has 2 rings (SSSR count). The SMILES string of the molecule is CCOc1ccc(S(=O)(=O)N[C@@H](C)C(=O)N[C@@H](C)CCc2ccccc2)cc1C. The lowest BCUT2D eigenvalue weighted by molar-refractivity contribution is -0.123. The summed E-state index contributed by atoms with van der Waals surface area (Å²) in [5, 5.41) is 2.88. The van der Waals surface area contributed by atoms with Crippen LogP contribution in [0.3, 0.4) is 0 Å². The molecule has 0 heterocycles. The maximum Gasteiger partial charge on any atom is 0.241 e. The first kappa shape index (κ1) is 22.9. The van der Waals surface area contributed by atoms with Crippen LogP contribution in [0.2, 0.25) is 0 Å². The Hall–Kier alpha value is -2.38. The van der Waals surface area contributed by atoms with Crippen LogP contribution in [0.1, 0.15) is 38.3 Å². The number of hydrogen-bond donors (Lipinski definition) is 2. The highest BCUT2D eigenvalue weighted by molar-refractivity contribution is 7.89. The summed E-state index contributed by atoms with van der Waals surface area (Å²) in [6.07, 6.45) is 1.61. The lowest BCUT2D eigenvalue weighted by Crippen LogP contribution is -2.47. The molecule has 29 heavy (non-hydrogen) atoms. The molecule has 7 heteroatoms. The fraction of sp³-hybridized carbons (Fsp3) is 0.409. The van der Waals surface area contributed by atoms with E-state index in [9.17, 15) is 13.2 Å². The van der Waals surface area contributed by atoms with Crippen LogP contribution in [0.5, 0.6) is 5.75 Å². The highest BCUT2D eigenvalue weighted by atomic mass is 32.2. The van der Waals surface area contributed by atoms with Crippen LogP contribution in [0.15, 0.2) is 53.4 Å². The summed E-state index contributed by atoms with van der Waals surface area (Å²) in [7, 11) is -3.82. The van der Waals surface area contributed by atoms with E-state index in [0.717, 1.165) is 18.4 Å². The van der Waals surface area contributed by atoms with Crippen molar-refractivity contribution >= 4 is 15.9 Å². The Balaban J connectivity index is 1.92. The first-order chi connectivity index (χ1) is 13.7. The molecule has 0 saturated heterocycles. The van der Waals surface area contributed by atoms with E-state index >= 15 is 0 Å². The van der Waals surface area contributed by atoms with Crippen LogP contribution < -0.4 is 14.8 Å². The zero-order valence-electron chi connectivity index (χ0n) is 17.4. The minimum atomic E-state index is -3.82. The Morgan fingerprint density at radius 1 is 1.10 bits per heavy atom. The molecule has 0 fully saturated rings. The quantitative estimate of drug-likeness (QED) is 0.621. The molecule has 1 amide bonds. The predicted molar refractivity (Wildman–Crippen MR) is 114 cm³/mol. The van der Waals surface area contributed by atoms with Gasteiger partial charge in [-0.15, -0.1) is 0 Å². The number of carbonyl (C=O) groups is 1. The summed E-state index contributed by atoms with van der Waals surface area (Å²) in [6.45, 7) is 7.61. The van der Waals surface area contributed by atoms with E-state index in [0.29, 0.717) is 12.4 Å². The van der Waals surface area contributed by atoms with Crippen LogP contribution in [-0.4, -0.2) is 33.0 Å². The third-order valence-corrected chi connectivity index (χ3v) is 6.12. The largest absolute Gasteiger partial charge is 0.494 e. The van der Waals surface area contributed by atoms with Gasteiger partial charge in [-0.2, -0.15) is 4.72 Å². The number of sulfonamides is 1. The maximum atomic E-state index is 12.6. The van der Waals surface area contributed by atoms with E-state index in [1.807, 2.05) is 44.2 Å². The van der Waals surface area contributed by atoms with Gasteiger partial charge in [-0.05, 0) is 69.9 Å². The zero-order chi connectivity index (χ0) is 21.4. The van der Waals surface area contributed by atoms with Crippen LogP contribution in [-0.2, 0) is 21.2 Å². The Morgan fingerprint density at radius 3 is 2.41 bits per heavy atom. The molecular formula is C22H30N2O4S. The molecule has 0 bridgehead atoms. The summed E-state index contributed by atoms with van der Waals surface area (Å²) in [5.74, 6) is 0.293. The van der Waals surface area contributed by atoms with Crippen molar-refractivity contribution in [3.8, 4) is 5.75 Å². The lowest BCUT2D eigenvalue weighted by Gasteiger charge is -2.19. The molecule has 2 aromatic carbocycles. The molecule has 2 aromatic rings. The second-order valence-electron chi connectivity index (χ2n) is 7.14. The van der Waals surface area contributed by atoms with Crippen molar-refractivity contribution in [1.82, 2.24) is 10.0 Å². The average Bonchev–Trinajstić information content (AvgIpc) is 2.68. The van der Waals surface area contributed by atoms with Gasteiger partial charge in [0.25, 0.3) is 0 Å². The lowest BCUT2D eigenvalue weighted by atomic mass is 10.1. The summed E-state index contributed by atoms with van der Waals surface area (Å²) in [5.41, 5.74) is 1.93.